The van der Waals surface area contributed by atoms with E-state index >= 15 is 0 Å². The fourth-order valence-corrected chi connectivity index (χ4v) is 3.61. The molecule has 1 atom stereocenters. The number of thioether (sulfide) groups is 1. The van der Waals surface area contributed by atoms with E-state index in [1.807, 2.05) is 25.1 Å². The van der Waals surface area contributed by atoms with E-state index in [9.17, 15) is 4.79 Å². The Morgan fingerprint density at radius 1 is 1.35 bits per heavy atom. The van der Waals surface area contributed by atoms with E-state index in [1.54, 1.807) is 29.7 Å². The van der Waals surface area contributed by atoms with E-state index in [0.29, 0.717) is 38.9 Å². The average Bonchev–Trinajstić information content (AvgIpc) is 3.00. The van der Waals surface area contributed by atoms with Crippen LogP contribution in [0.4, 0.5) is 5.69 Å². The van der Waals surface area contributed by atoms with E-state index in [-0.39, 0.29) is 5.91 Å². The Labute approximate surface area is 164 Å². The maximum atomic E-state index is 12.6. The van der Waals surface area contributed by atoms with Gasteiger partial charge in [0.2, 0.25) is 5.91 Å². The second kappa shape index (κ2) is 8.16. The lowest BCUT2D eigenvalue weighted by molar-refractivity contribution is -0.115. The molecule has 136 valence electrons. The molecule has 2 aromatic heterocycles. The molecule has 0 radical (unpaired) electrons. The van der Waals surface area contributed by atoms with Crippen molar-refractivity contribution < 1.29 is 9.53 Å². The lowest BCUT2D eigenvalue weighted by Crippen LogP contribution is -2.23. The summed E-state index contributed by atoms with van der Waals surface area (Å²) >= 11 is 13.4. The first kappa shape index (κ1) is 18.8. The molecule has 0 spiro atoms. The molecule has 26 heavy (non-hydrogen) atoms. The number of hydrogen-bond acceptors (Lipinski definition) is 5. The third-order valence-corrected chi connectivity index (χ3v) is 5.03. The predicted octanol–water partition coefficient (Wildman–Crippen LogP) is 4.55. The number of nitrogens with one attached hydrogen (secondary N) is 1. The van der Waals surface area contributed by atoms with Crippen molar-refractivity contribution in [3.8, 4) is 5.75 Å². The topological polar surface area (TPSA) is 68.5 Å². The third kappa shape index (κ3) is 4.06. The van der Waals surface area contributed by atoms with E-state index in [2.05, 4.69) is 15.5 Å². The lowest BCUT2D eigenvalue weighted by atomic mass is 10.3. The SMILES string of the molecule is CCOc1ccccc1NC(=O)[C@@H](C)Sc1nnc2c(Cl)cc(Cl)cn12. The summed E-state index contributed by atoms with van der Waals surface area (Å²) in [6.45, 7) is 4.20. The Kier molecular flexibility index (Phi) is 5.90. The Balaban J connectivity index is 1.76. The second-order valence-electron chi connectivity index (χ2n) is 5.36. The van der Waals surface area contributed by atoms with E-state index in [0.717, 1.165) is 0 Å². The van der Waals surface area contributed by atoms with Crippen LogP contribution >= 0.6 is 35.0 Å². The van der Waals surface area contributed by atoms with E-state index in [1.165, 1.54) is 11.8 Å². The van der Waals surface area contributed by atoms with Gasteiger partial charge in [-0.1, -0.05) is 47.1 Å². The zero-order valence-corrected chi connectivity index (χ0v) is 16.4. The van der Waals surface area contributed by atoms with Gasteiger partial charge in [0.1, 0.15) is 5.75 Å². The van der Waals surface area contributed by atoms with Gasteiger partial charge >= 0.3 is 0 Å². The highest BCUT2D eigenvalue weighted by Gasteiger charge is 2.20. The number of anilines is 1. The Morgan fingerprint density at radius 3 is 2.88 bits per heavy atom. The highest BCUT2D eigenvalue weighted by molar-refractivity contribution is 8.00. The summed E-state index contributed by atoms with van der Waals surface area (Å²) < 4.78 is 7.20. The Morgan fingerprint density at radius 2 is 2.12 bits per heavy atom. The molecule has 0 aliphatic rings. The van der Waals surface area contributed by atoms with Gasteiger partial charge in [-0.2, -0.15) is 0 Å². The Bertz CT molecular complexity index is 948. The number of pyridine rings is 1. The van der Waals surface area contributed by atoms with Gasteiger partial charge in [-0.05, 0) is 32.0 Å². The molecule has 3 aromatic rings. The number of hydrogen-bond donors (Lipinski definition) is 1. The fraction of sp³-hybridized carbons (Fsp3) is 0.235. The van der Waals surface area contributed by atoms with E-state index < -0.39 is 5.25 Å². The number of aromatic nitrogens is 3. The minimum absolute atomic E-state index is 0.174. The largest absolute Gasteiger partial charge is 0.492 e. The van der Waals surface area contributed by atoms with Gasteiger partial charge in [-0.15, -0.1) is 10.2 Å². The highest BCUT2D eigenvalue weighted by Crippen LogP contribution is 2.29. The number of nitrogens with zero attached hydrogens (tertiary/aromatic N) is 3. The zero-order valence-electron chi connectivity index (χ0n) is 14.1. The molecule has 1 amide bonds. The van der Waals surface area contributed by atoms with Crippen LogP contribution in [0.3, 0.4) is 0 Å². The molecule has 0 saturated heterocycles. The maximum Gasteiger partial charge on any atom is 0.237 e. The van der Waals surface area contributed by atoms with Crippen molar-refractivity contribution in [2.24, 2.45) is 0 Å². The number of benzene rings is 1. The van der Waals surface area contributed by atoms with Crippen molar-refractivity contribution in [1.82, 2.24) is 14.6 Å². The van der Waals surface area contributed by atoms with Crippen molar-refractivity contribution in [3.05, 3.63) is 46.6 Å². The second-order valence-corrected chi connectivity index (χ2v) is 7.51. The van der Waals surface area contributed by atoms with Crippen molar-refractivity contribution in [3.63, 3.8) is 0 Å². The van der Waals surface area contributed by atoms with Crippen LogP contribution in [0.1, 0.15) is 13.8 Å². The third-order valence-electron chi connectivity index (χ3n) is 3.49. The molecule has 0 fully saturated rings. The summed E-state index contributed by atoms with van der Waals surface area (Å²) in [6, 6.07) is 8.90. The molecule has 1 aromatic carbocycles. The van der Waals surface area contributed by atoms with Gasteiger partial charge in [0, 0.05) is 6.20 Å². The summed E-state index contributed by atoms with van der Waals surface area (Å²) in [4.78, 5) is 12.6. The number of carbonyl (C=O) groups is 1. The normalized spacial score (nSPS) is 12.2. The first-order valence-electron chi connectivity index (χ1n) is 7.88. The zero-order chi connectivity index (χ0) is 18.7. The molecule has 1 N–H and O–H groups in total. The van der Waals surface area contributed by atoms with Gasteiger partial charge in [0.25, 0.3) is 0 Å². The molecular formula is C17H16Cl2N4O2S. The number of carbonyl (C=O) groups excluding carboxylic acids is 1. The molecule has 0 aliphatic heterocycles. The number of ether oxygens (including phenoxy) is 1. The molecule has 9 heteroatoms. The summed E-state index contributed by atoms with van der Waals surface area (Å²) in [5.41, 5.74) is 1.12. The van der Waals surface area contributed by atoms with Crippen LogP contribution in [0.15, 0.2) is 41.7 Å². The van der Waals surface area contributed by atoms with Gasteiger partial charge in [0.15, 0.2) is 10.8 Å². The summed E-state index contributed by atoms with van der Waals surface area (Å²) in [5, 5.41) is 12.0. The molecule has 0 saturated carbocycles. The average molecular weight is 411 g/mol. The Hall–Kier alpha value is -1.96. The summed E-state index contributed by atoms with van der Waals surface area (Å²) in [7, 11) is 0. The number of amides is 1. The van der Waals surface area contributed by atoms with Crippen LogP contribution in [-0.2, 0) is 4.79 Å². The van der Waals surface area contributed by atoms with Crippen LogP contribution in [0.25, 0.3) is 5.65 Å². The smallest absolute Gasteiger partial charge is 0.237 e. The van der Waals surface area contributed by atoms with Gasteiger partial charge < -0.3 is 10.1 Å². The minimum atomic E-state index is -0.421. The first-order chi connectivity index (χ1) is 12.5. The van der Waals surface area contributed by atoms with Crippen molar-refractivity contribution in [1.29, 1.82) is 0 Å². The molecule has 3 rings (SSSR count). The fourth-order valence-electron chi connectivity index (χ4n) is 2.28. The van der Waals surface area contributed by atoms with Gasteiger partial charge in [-0.3, -0.25) is 9.20 Å². The number of fused-ring (bicyclic) bond motifs is 1. The van der Waals surface area contributed by atoms with Crippen molar-refractivity contribution >= 4 is 52.2 Å². The molecule has 0 bridgehead atoms. The maximum absolute atomic E-state index is 12.6. The van der Waals surface area contributed by atoms with Crippen molar-refractivity contribution in [2.45, 2.75) is 24.3 Å². The minimum Gasteiger partial charge on any atom is -0.492 e. The number of para-hydroxylation sites is 2. The monoisotopic (exact) mass is 410 g/mol. The van der Waals surface area contributed by atoms with E-state index in [4.69, 9.17) is 27.9 Å². The molecular weight excluding hydrogens is 395 g/mol. The van der Waals surface area contributed by atoms with Gasteiger partial charge in [0.05, 0.1) is 27.6 Å². The molecule has 2 heterocycles. The number of halogens is 2. The first-order valence-corrected chi connectivity index (χ1v) is 9.52. The quantitative estimate of drug-likeness (QED) is 0.603. The molecule has 0 aliphatic carbocycles. The summed E-state index contributed by atoms with van der Waals surface area (Å²) in [5.74, 6) is 0.457. The van der Waals surface area contributed by atoms with Crippen LogP contribution in [0.2, 0.25) is 10.0 Å². The highest BCUT2D eigenvalue weighted by atomic mass is 35.5. The van der Waals surface area contributed by atoms with Crippen molar-refractivity contribution in [2.75, 3.05) is 11.9 Å². The van der Waals surface area contributed by atoms with Crippen LogP contribution in [-0.4, -0.2) is 32.4 Å². The predicted molar refractivity (Wildman–Crippen MR) is 105 cm³/mol. The standard InChI is InChI=1S/C17H16Cl2N4O2S/c1-3-25-14-7-5-4-6-13(14)20-16(24)10(2)26-17-22-21-15-12(19)8-11(18)9-23(15)17/h4-10H,3H2,1-2H3,(H,20,24)/t10-/m1/s1. The van der Waals surface area contributed by atoms with Crippen LogP contribution in [0, 0.1) is 0 Å². The summed E-state index contributed by atoms with van der Waals surface area (Å²) in [6.07, 6.45) is 1.67. The van der Waals surface area contributed by atoms with Crippen LogP contribution in [0.5, 0.6) is 5.75 Å². The van der Waals surface area contributed by atoms with Gasteiger partial charge in [-0.25, -0.2) is 0 Å². The number of rotatable bonds is 6. The molecule has 6 nitrogen and oxygen atoms in total. The van der Waals surface area contributed by atoms with Crippen LogP contribution < -0.4 is 10.1 Å². The lowest BCUT2D eigenvalue weighted by Gasteiger charge is -2.14. The molecule has 0 unspecified atom stereocenters.